The fourth-order valence-electron chi connectivity index (χ4n) is 4.71. The van der Waals surface area contributed by atoms with E-state index in [0.717, 1.165) is 38.5 Å². The van der Waals surface area contributed by atoms with E-state index in [9.17, 15) is 9.59 Å². The molecule has 3 saturated heterocycles. The monoisotopic (exact) mass is 451 g/mol. The Kier molecular flexibility index (Phi) is 6.20. The number of nitrogens with zero attached hydrogens (tertiary/aromatic N) is 3. The van der Waals surface area contributed by atoms with Gasteiger partial charge in [-0.05, 0) is 24.3 Å². The number of para-hydroxylation sites is 2. The van der Waals surface area contributed by atoms with Crippen molar-refractivity contribution in [3.05, 3.63) is 60.2 Å². The van der Waals surface area contributed by atoms with Gasteiger partial charge in [-0.1, -0.05) is 30.3 Å². The molecule has 0 bridgehead atoms. The maximum atomic E-state index is 13.4. The normalized spacial score (nSPS) is 23.2. The second-order valence-electron chi connectivity index (χ2n) is 8.75. The number of rotatable bonds is 6. The van der Waals surface area contributed by atoms with Crippen molar-refractivity contribution in [2.45, 2.75) is 12.0 Å². The van der Waals surface area contributed by atoms with Gasteiger partial charge in [-0.15, -0.1) is 0 Å². The molecule has 33 heavy (non-hydrogen) atoms. The zero-order chi connectivity index (χ0) is 22.7. The second-order valence-corrected chi connectivity index (χ2v) is 8.75. The Hall–Kier alpha value is -3.10. The first-order chi connectivity index (χ1) is 16.1. The minimum Gasteiger partial charge on any atom is -0.491 e. The van der Waals surface area contributed by atoms with E-state index in [1.807, 2.05) is 48.5 Å². The van der Waals surface area contributed by atoms with Crippen LogP contribution in [0.25, 0.3) is 0 Å². The summed E-state index contributed by atoms with van der Waals surface area (Å²) in [7, 11) is 0. The third kappa shape index (κ3) is 4.67. The summed E-state index contributed by atoms with van der Waals surface area (Å²) >= 11 is 0. The summed E-state index contributed by atoms with van der Waals surface area (Å²) in [5.74, 6) is 0.495. The minimum atomic E-state index is -0.672. The van der Waals surface area contributed by atoms with E-state index in [1.165, 1.54) is 0 Å². The van der Waals surface area contributed by atoms with Gasteiger partial charge < -0.3 is 19.1 Å². The summed E-state index contributed by atoms with van der Waals surface area (Å²) in [5, 5.41) is 0. The van der Waals surface area contributed by atoms with E-state index in [0.29, 0.717) is 44.0 Å². The Labute approximate surface area is 193 Å². The lowest BCUT2D eigenvalue weighted by Gasteiger charge is -2.26. The van der Waals surface area contributed by atoms with Crippen LogP contribution in [0.1, 0.15) is 16.8 Å². The lowest BCUT2D eigenvalue weighted by molar-refractivity contribution is 0.0321. The molecule has 0 N–H and O–H groups in total. The highest BCUT2D eigenvalue weighted by atomic mass is 16.6. The van der Waals surface area contributed by atoms with Crippen molar-refractivity contribution < 1.29 is 23.8 Å². The van der Waals surface area contributed by atoms with Crippen LogP contribution in [-0.2, 0) is 9.47 Å². The van der Waals surface area contributed by atoms with Crippen LogP contribution in [0.3, 0.4) is 0 Å². The minimum absolute atomic E-state index is 0.0944. The number of likely N-dealkylation sites (tertiary alicyclic amines) is 1. The molecular formula is C25H29N3O5. The summed E-state index contributed by atoms with van der Waals surface area (Å²) in [6.07, 6.45) is 0.260. The summed E-state index contributed by atoms with van der Waals surface area (Å²) in [6.45, 7) is 5.96. The Morgan fingerprint density at radius 3 is 2.55 bits per heavy atom. The first-order valence-corrected chi connectivity index (χ1v) is 11.5. The molecule has 2 aromatic carbocycles. The lowest BCUT2D eigenvalue weighted by atomic mass is 10.0. The summed E-state index contributed by atoms with van der Waals surface area (Å²) in [4.78, 5) is 31.6. The van der Waals surface area contributed by atoms with Crippen molar-refractivity contribution in [1.29, 1.82) is 0 Å². The molecule has 0 saturated carbocycles. The van der Waals surface area contributed by atoms with Crippen LogP contribution in [-0.4, -0.2) is 86.5 Å². The number of hydrogen-bond donors (Lipinski definition) is 0. The van der Waals surface area contributed by atoms with Crippen molar-refractivity contribution in [3.8, 4) is 5.75 Å². The molecule has 1 unspecified atom stereocenters. The van der Waals surface area contributed by atoms with Gasteiger partial charge in [0.25, 0.3) is 5.91 Å². The van der Waals surface area contributed by atoms with Crippen LogP contribution < -0.4 is 9.64 Å². The average Bonchev–Trinajstić information content (AvgIpc) is 3.42. The number of benzene rings is 2. The molecule has 2 aromatic rings. The smallest absolute Gasteiger partial charge is 0.415 e. The highest BCUT2D eigenvalue weighted by Gasteiger charge is 2.51. The van der Waals surface area contributed by atoms with Crippen LogP contribution in [0.2, 0.25) is 0 Å². The summed E-state index contributed by atoms with van der Waals surface area (Å²) < 4.78 is 17.2. The van der Waals surface area contributed by atoms with E-state index in [1.54, 1.807) is 15.9 Å². The molecule has 174 valence electrons. The topological polar surface area (TPSA) is 71.5 Å². The summed E-state index contributed by atoms with van der Waals surface area (Å²) in [6, 6.07) is 16.9. The zero-order valence-corrected chi connectivity index (χ0v) is 18.7. The lowest BCUT2D eigenvalue weighted by Crippen LogP contribution is -2.40. The highest BCUT2D eigenvalue weighted by Crippen LogP contribution is 2.36. The van der Waals surface area contributed by atoms with Crippen molar-refractivity contribution >= 4 is 17.7 Å². The predicted molar refractivity (Wildman–Crippen MR) is 123 cm³/mol. The average molecular weight is 452 g/mol. The number of carbonyl (C=O) groups excluding carboxylic acids is 2. The Morgan fingerprint density at radius 1 is 0.970 bits per heavy atom. The van der Waals surface area contributed by atoms with Gasteiger partial charge in [0.15, 0.2) is 5.60 Å². The van der Waals surface area contributed by atoms with Gasteiger partial charge in [0, 0.05) is 38.3 Å². The van der Waals surface area contributed by atoms with E-state index >= 15 is 0 Å². The molecule has 8 nitrogen and oxygen atoms in total. The first-order valence-electron chi connectivity index (χ1n) is 11.5. The van der Waals surface area contributed by atoms with Crippen molar-refractivity contribution in [2.24, 2.45) is 0 Å². The van der Waals surface area contributed by atoms with Crippen molar-refractivity contribution in [1.82, 2.24) is 9.80 Å². The molecule has 2 amide bonds. The van der Waals surface area contributed by atoms with Crippen LogP contribution in [0.5, 0.6) is 5.75 Å². The SMILES string of the molecule is O=C(c1ccccc1OCCN1CCOCC1)N1CCC2(C1)CN(c1ccccc1)C(=O)O2. The van der Waals surface area contributed by atoms with Gasteiger partial charge in [-0.25, -0.2) is 4.79 Å². The van der Waals surface area contributed by atoms with E-state index in [2.05, 4.69) is 4.90 Å². The fraction of sp³-hybridized carbons (Fsp3) is 0.440. The molecule has 3 aliphatic rings. The fourth-order valence-corrected chi connectivity index (χ4v) is 4.71. The predicted octanol–water partition coefficient (Wildman–Crippen LogP) is 2.64. The molecule has 0 aliphatic carbocycles. The van der Waals surface area contributed by atoms with Gasteiger partial charge in [0.2, 0.25) is 0 Å². The zero-order valence-electron chi connectivity index (χ0n) is 18.7. The van der Waals surface area contributed by atoms with Crippen LogP contribution in [0.4, 0.5) is 10.5 Å². The molecule has 3 fully saturated rings. The Bertz CT molecular complexity index is 995. The van der Waals surface area contributed by atoms with Gasteiger partial charge >= 0.3 is 6.09 Å². The first kappa shape index (κ1) is 21.7. The number of ether oxygens (including phenoxy) is 3. The number of anilines is 1. The molecule has 0 radical (unpaired) electrons. The number of carbonyl (C=O) groups is 2. The molecule has 5 rings (SSSR count). The highest BCUT2D eigenvalue weighted by molar-refractivity contribution is 5.97. The van der Waals surface area contributed by atoms with E-state index in [-0.39, 0.29) is 12.0 Å². The van der Waals surface area contributed by atoms with Crippen molar-refractivity contribution in [3.63, 3.8) is 0 Å². The number of amides is 2. The maximum Gasteiger partial charge on any atom is 0.415 e. The molecule has 1 spiro atoms. The number of morpholine rings is 1. The quantitative estimate of drug-likeness (QED) is 0.673. The number of hydrogen-bond acceptors (Lipinski definition) is 6. The Morgan fingerprint density at radius 2 is 1.73 bits per heavy atom. The van der Waals surface area contributed by atoms with E-state index < -0.39 is 5.60 Å². The second kappa shape index (κ2) is 9.41. The molecular weight excluding hydrogens is 422 g/mol. The standard InChI is InChI=1S/C25H29N3O5/c29-23(21-8-4-5-9-22(21)32-17-14-26-12-15-31-16-13-26)27-11-10-25(18-27)19-28(24(30)33-25)20-6-2-1-3-7-20/h1-9H,10-19H2. The third-order valence-corrected chi connectivity index (χ3v) is 6.53. The van der Waals surface area contributed by atoms with Gasteiger partial charge in [0.05, 0.1) is 31.9 Å². The third-order valence-electron chi connectivity index (χ3n) is 6.53. The Balaban J connectivity index is 1.22. The van der Waals surface area contributed by atoms with Crippen molar-refractivity contribution in [2.75, 3.05) is 64.0 Å². The van der Waals surface area contributed by atoms with E-state index in [4.69, 9.17) is 14.2 Å². The van der Waals surface area contributed by atoms with Gasteiger partial charge in [-0.3, -0.25) is 14.6 Å². The van der Waals surface area contributed by atoms with Gasteiger partial charge in [-0.2, -0.15) is 0 Å². The summed E-state index contributed by atoms with van der Waals surface area (Å²) in [5.41, 5.74) is 0.679. The van der Waals surface area contributed by atoms with Gasteiger partial charge in [0.1, 0.15) is 12.4 Å². The van der Waals surface area contributed by atoms with Crippen LogP contribution in [0, 0.1) is 0 Å². The van der Waals surface area contributed by atoms with Crippen LogP contribution >= 0.6 is 0 Å². The largest absolute Gasteiger partial charge is 0.491 e. The molecule has 1 atom stereocenters. The molecule has 0 aromatic heterocycles. The molecule has 3 heterocycles. The molecule has 3 aliphatic heterocycles. The maximum absolute atomic E-state index is 13.4. The molecule has 8 heteroatoms. The van der Waals surface area contributed by atoms with Crippen LogP contribution in [0.15, 0.2) is 54.6 Å².